The van der Waals surface area contributed by atoms with Gasteiger partial charge in [0.15, 0.2) is 11.5 Å². The van der Waals surface area contributed by atoms with E-state index < -0.39 is 0 Å². The molecule has 136 valence electrons. The molecule has 2 aromatic carbocycles. The van der Waals surface area contributed by atoms with Gasteiger partial charge in [-0.05, 0) is 31.2 Å². The highest BCUT2D eigenvalue weighted by Gasteiger charge is 2.14. The van der Waals surface area contributed by atoms with Gasteiger partial charge < -0.3 is 20.1 Å². The summed E-state index contributed by atoms with van der Waals surface area (Å²) < 4.78 is 11.0. The molecule has 1 aliphatic rings. The van der Waals surface area contributed by atoms with Crippen LogP contribution in [-0.2, 0) is 0 Å². The highest BCUT2D eigenvalue weighted by Crippen LogP contribution is 2.32. The van der Waals surface area contributed by atoms with E-state index in [0.717, 1.165) is 5.69 Å². The normalized spacial score (nSPS) is 12.3. The molecule has 0 radical (unpaired) electrons. The fourth-order valence-corrected chi connectivity index (χ4v) is 2.60. The molecule has 0 fully saturated rings. The molecule has 3 aromatic rings. The molecule has 1 amide bonds. The molecule has 1 aliphatic heterocycles. The number of carbonyl (C=O) groups excluding carboxylic acids is 1. The summed E-state index contributed by atoms with van der Waals surface area (Å²) in [6, 6.07) is 13.2. The Morgan fingerprint density at radius 2 is 1.59 bits per heavy atom. The maximum atomic E-state index is 12.4. The van der Waals surface area contributed by atoms with E-state index in [-0.39, 0.29) is 5.91 Å². The van der Waals surface area contributed by atoms with Crippen LogP contribution in [0.2, 0.25) is 0 Å². The Balaban J connectivity index is 1.42. The molecule has 2 N–H and O–H groups in total. The zero-order valence-electron chi connectivity index (χ0n) is 14.7. The summed E-state index contributed by atoms with van der Waals surface area (Å²) in [4.78, 5) is 20.8. The van der Waals surface area contributed by atoms with Crippen molar-refractivity contribution < 1.29 is 14.3 Å². The van der Waals surface area contributed by atoms with Crippen LogP contribution in [0.5, 0.6) is 11.5 Å². The molecule has 7 nitrogen and oxygen atoms in total. The Morgan fingerprint density at radius 1 is 0.926 bits per heavy atom. The summed E-state index contributed by atoms with van der Waals surface area (Å²) in [6.07, 6.45) is 2.97. The molecular weight excluding hydrogens is 344 g/mol. The second-order valence-electron chi connectivity index (χ2n) is 6.10. The van der Waals surface area contributed by atoms with Crippen LogP contribution in [0.3, 0.4) is 0 Å². The van der Waals surface area contributed by atoms with Crippen LogP contribution in [-0.4, -0.2) is 29.1 Å². The van der Waals surface area contributed by atoms with Crippen LogP contribution in [0.25, 0.3) is 0 Å². The first kappa shape index (κ1) is 16.8. The van der Waals surface area contributed by atoms with Gasteiger partial charge in [-0.2, -0.15) is 0 Å². The second-order valence-corrected chi connectivity index (χ2v) is 6.10. The zero-order chi connectivity index (χ0) is 18.6. The monoisotopic (exact) mass is 362 g/mol. The molecule has 0 saturated carbocycles. The molecule has 2 heterocycles. The Morgan fingerprint density at radius 3 is 2.33 bits per heavy atom. The van der Waals surface area contributed by atoms with E-state index in [4.69, 9.17) is 9.47 Å². The Labute approximate surface area is 156 Å². The van der Waals surface area contributed by atoms with Crippen molar-refractivity contribution in [3.8, 4) is 11.5 Å². The number of ether oxygens (including phenoxy) is 2. The van der Waals surface area contributed by atoms with E-state index >= 15 is 0 Å². The highest BCUT2D eigenvalue weighted by molar-refractivity contribution is 6.04. The minimum absolute atomic E-state index is 0.298. The van der Waals surface area contributed by atoms with E-state index in [1.807, 2.05) is 31.2 Å². The first-order chi connectivity index (χ1) is 13.2. The van der Waals surface area contributed by atoms with Gasteiger partial charge in [-0.15, -0.1) is 0 Å². The minimum atomic E-state index is -0.298. The van der Waals surface area contributed by atoms with Crippen molar-refractivity contribution in [2.75, 3.05) is 23.8 Å². The number of rotatable bonds is 4. The fraction of sp³-hybridized carbons (Fsp3) is 0.150. The van der Waals surface area contributed by atoms with Gasteiger partial charge in [0, 0.05) is 29.8 Å². The maximum Gasteiger partial charge on any atom is 0.258 e. The van der Waals surface area contributed by atoms with Gasteiger partial charge >= 0.3 is 0 Å². The minimum Gasteiger partial charge on any atom is -0.486 e. The number of fused-ring (bicyclic) bond motifs is 1. The van der Waals surface area contributed by atoms with Gasteiger partial charge in [-0.25, -0.2) is 9.97 Å². The number of carbonyl (C=O) groups is 1. The van der Waals surface area contributed by atoms with Crippen molar-refractivity contribution in [3.05, 3.63) is 66.0 Å². The van der Waals surface area contributed by atoms with Crippen molar-refractivity contribution in [2.45, 2.75) is 6.92 Å². The molecule has 27 heavy (non-hydrogen) atoms. The smallest absolute Gasteiger partial charge is 0.258 e. The van der Waals surface area contributed by atoms with Crippen LogP contribution >= 0.6 is 0 Å². The average Bonchev–Trinajstić information content (AvgIpc) is 2.70. The molecule has 7 heteroatoms. The van der Waals surface area contributed by atoms with Crippen LogP contribution < -0.4 is 20.1 Å². The van der Waals surface area contributed by atoms with Crippen molar-refractivity contribution in [2.24, 2.45) is 0 Å². The second kappa shape index (κ2) is 7.33. The molecule has 0 aliphatic carbocycles. The van der Waals surface area contributed by atoms with Gasteiger partial charge in [-0.1, -0.05) is 17.7 Å². The van der Waals surface area contributed by atoms with Crippen LogP contribution in [0.1, 0.15) is 15.9 Å². The van der Waals surface area contributed by atoms with Crippen molar-refractivity contribution >= 4 is 23.2 Å². The summed E-state index contributed by atoms with van der Waals surface area (Å²) in [5, 5.41) is 5.91. The summed E-state index contributed by atoms with van der Waals surface area (Å²) in [5.41, 5.74) is 3.03. The molecule has 1 aromatic heterocycles. The van der Waals surface area contributed by atoms with E-state index in [9.17, 15) is 4.79 Å². The lowest BCUT2D eigenvalue weighted by molar-refractivity contribution is 0.102. The number of benzene rings is 2. The Kier molecular flexibility index (Phi) is 4.57. The first-order valence-corrected chi connectivity index (χ1v) is 8.54. The quantitative estimate of drug-likeness (QED) is 0.738. The number of hydrogen-bond acceptors (Lipinski definition) is 6. The highest BCUT2D eigenvalue weighted by atomic mass is 16.6. The summed E-state index contributed by atoms with van der Waals surface area (Å²) in [6.45, 7) is 3.04. The Hall–Kier alpha value is -3.61. The molecule has 0 saturated heterocycles. The van der Waals surface area contributed by atoms with E-state index in [1.165, 1.54) is 18.0 Å². The lowest BCUT2D eigenvalue weighted by Gasteiger charge is -2.19. The number of aryl methyl sites for hydroxylation is 1. The Bertz CT molecular complexity index is 956. The lowest BCUT2D eigenvalue weighted by Crippen LogP contribution is -2.16. The SMILES string of the molecule is Cc1ccc(Nc2ncc(C(=O)Nc3ccc4c(c3)OCCO4)cn2)cc1. The standard InChI is InChI=1S/C20H18N4O3/c1-13-2-4-15(5-3-13)24-20-21-11-14(12-22-20)19(25)23-16-6-7-17-18(10-16)27-9-8-26-17/h2-7,10-12H,8-9H2,1H3,(H,23,25)(H,21,22,24). The van der Waals surface area contributed by atoms with Crippen molar-refractivity contribution in [1.29, 1.82) is 0 Å². The summed E-state index contributed by atoms with van der Waals surface area (Å²) in [5.74, 6) is 1.42. The molecule has 0 bridgehead atoms. The number of aromatic nitrogens is 2. The van der Waals surface area contributed by atoms with Crippen LogP contribution in [0.15, 0.2) is 54.9 Å². The fourth-order valence-electron chi connectivity index (χ4n) is 2.60. The van der Waals surface area contributed by atoms with Gasteiger partial charge in [0.25, 0.3) is 5.91 Å². The largest absolute Gasteiger partial charge is 0.486 e. The number of anilines is 3. The third-order valence-electron chi connectivity index (χ3n) is 4.02. The molecule has 4 rings (SSSR count). The van der Waals surface area contributed by atoms with E-state index in [1.54, 1.807) is 18.2 Å². The molecule has 0 spiro atoms. The number of nitrogens with one attached hydrogen (secondary N) is 2. The van der Waals surface area contributed by atoms with Gasteiger partial charge in [-0.3, -0.25) is 4.79 Å². The summed E-state index contributed by atoms with van der Waals surface area (Å²) >= 11 is 0. The van der Waals surface area contributed by atoms with Gasteiger partial charge in [0.2, 0.25) is 5.95 Å². The average molecular weight is 362 g/mol. The van der Waals surface area contributed by atoms with E-state index in [2.05, 4.69) is 20.6 Å². The number of amides is 1. The van der Waals surface area contributed by atoms with Crippen LogP contribution in [0, 0.1) is 6.92 Å². The number of hydrogen-bond donors (Lipinski definition) is 2. The van der Waals surface area contributed by atoms with Crippen LogP contribution in [0.4, 0.5) is 17.3 Å². The predicted octanol–water partition coefficient (Wildman–Crippen LogP) is 3.55. The summed E-state index contributed by atoms with van der Waals surface area (Å²) in [7, 11) is 0. The molecular formula is C20H18N4O3. The van der Waals surface area contributed by atoms with Crippen molar-refractivity contribution in [1.82, 2.24) is 9.97 Å². The van der Waals surface area contributed by atoms with Crippen molar-refractivity contribution in [3.63, 3.8) is 0 Å². The predicted molar refractivity (Wildman–Crippen MR) is 102 cm³/mol. The maximum absolute atomic E-state index is 12.4. The third kappa shape index (κ3) is 3.98. The topological polar surface area (TPSA) is 85.4 Å². The zero-order valence-corrected chi connectivity index (χ0v) is 14.7. The van der Waals surface area contributed by atoms with Gasteiger partial charge in [0.05, 0.1) is 5.56 Å². The molecule has 0 atom stereocenters. The van der Waals surface area contributed by atoms with Gasteiger partial charge in [0.1, 0.15) is 13.2 Å². The molecule has 0 unspecified atom stereocenters. The first-order valence-electron chi connectivity index (χ1n) is 8.54. The lowest BCUT2D eigenvalue weighted by atomic mass is 10.2. The number of nitrogens with zero attached hydrogens (tertiary/aromatic N) is 2. The van der Waals surface area contributed by atoms with E-state index in [0.29, 0.717) is 41.9 Å². The third-order valence-corrected chi connectivity index (χ3v) is 4.02.